The zero-order chi connectivity index (χ0) is 18.2. The van der Waals surface area contributed by atoms with E-state index in [1.54, 1.807) is 13.2 Å². The first-order valence-electron chi connectivity index (χ1n) is 7.56. The molecule has 0 spiro atoms. The van der Waals surface area contributed by atoms with E-state index in [9.17, 15) is 19.1 Å². The van der Waals surface area contributed by atoms with Gasteiger partial charge in [-0.25, -0.2) is 4.39 Å². The Morgan fingerprint density at radius 2 is 2.24 bits per heavy atom. The van der Waals surface area contributed by atoms with Gasteiger partial charge in [-0.3, -0.25) is 14.3 Å². The van der Waals surface area contributed by atoms with Crippen molar-refractivity contribution < 1.29 is 19.1 Å². The number of carbonyl (C=O) groups is 2. The summed E-state index contributed by atoms with van der Waals surface area (Å²) >= 11 is 5.76. The van der Waals surface area contributed by atoms with Crippen molar-refractivity contribution in [1.29, 1.82) is 0 Å². The van der Waals surface area contributed by atoms with Gasteiger partial charge in [0.05, 0.1) is 11.9 Å². The summed E-state index contributed by atoms with van der Waals surface area (Å²) in [5, 5.41) is 17.2. The summed E-state index contributed by atoms with van der Waals surface area (Å²) in [6.07, 6.45) is 3.06. The molecule has 1 saturated heterocycles. The quantitative estimate of drug-likeness (QED) is 0.790. The van der Waals surface area contributed by atoms with Crippen LogP contribution in [0.2, 0.25) is 5.02 Å². The third-order valence-corrected chi connectivity index (χ3v) is 4.27. The fourth-order valence-electron chi connectivity index (χ4n) is 2.75. The van der Waals surface area contributed by atoms with Crippen LogP contribution >= 0.6 is 11.6 Å². The lowest BCUT2D eigenvalue weighted by Gasteiger charge is -2.21. The number of rotatable bonds is 4. The number of carbonyl (C=O) groups excluding carboxylic acids is 2. The average Bonchev–Trinajstić information content (AvgIpc) is 3.09. The first-order valence-corrected chi connectivity index (χ1v) is 7.93. The maximum absolute atomic E-state index is 13.3. The second kappa shape index (κ2) is 6.45. The maximum Gasteiger partial charge on any atom is 0.268 e. The zero-order valence-electron chi connectivity index (χ0n) is 13.4. The molecule has 2 amide bonds. The molecule has 0 bridgehead atoms. The molecule has 1 aromatic heterocycles. The first-order chi connectivity index (χ1) is 11.8. The highest BCUT2D eigenvalue weighted by atomic mass is 35.5. The van der Waals surface area contributed by atoms with Crippen LogP contribution in [0.15, 0.2) is 30.6 Å². The van der Waals surface area contributed by atoms with Crippen molar-refractivity contribution >= 4 is 29.1 Å². The van der Waals surface area contributed by atoms with Gasteiger partial charge in [0, 0.05) is 37.8 Å². The van der Waals surface area contributed by atoms with Crippen molar-refractivity contribution in [3.8, 4) is 0 Å². The van der Waals surface area contributed by atoms with Crippen molar-refractivity contribution in [2.45, 2.75) is 18.6 Å². The number of nitrogens with zero attached hydrogens (tertiary/aromatic N) is 3. The van der Waals surface area contributed by atoms with Crippen LogP contribution in [-0.4, -0.2) is 38.8 Å². The first kappa shape index (κ1) is 17.4. The van der Waals surface area contributed by atoms with Crippen LogP contribution in [0.4, 0.5) is 10.1 Å². The van der Waals surface area contributed by atoms with Gasteiger partial charge in [0.25, 0.3) is 11.8 Å². The fraction of sp³-hybridized carbons (Fsp3) is 0.312. The summed E-state index contributed by atoms with van der Waals surface area (Å²) in [5.74, 6) is -2.07. The lowest BCUT2D eigenvalue weighted by molar-refractivity contribution is -0.149. The third-order valence-electron chi connectivity index (χ3n) is 4.05. The normalized spacial score (nSPS) is 20.2. The van der Waals surface area contributed by atoms with Gasteiger partial charge in [-0.1, -0.05) is 11.6 Å². The van der Waals surface area contributed by atoms with Crippen LogP contribution < -0.4 is 10.2 Å². The predicted molar refractivity (Wildman–Crippen MR) is 88.4 cm³/mol. The Labute approximate surface area is 148 Å². The molecule has 132 valence electrons. The third kappa shape index (κ3) is 3.35. The topological polar surface area (TPSA) is 87.5 Å². The van der Waals surface area contributed by atoms with E-state index in [4.69, 9.17) is 11.6 Å². The van der Waals surface area contributed by atoms with Crippen LogP contribution in [0.1, 0.15) is 12.0 Å². The Morgan fingerprint density at radius 3 is 2.88 bits per heavy atom. The van der Waals surface area contributed by atoms with Gasteiger partial charge in [0.1, 0.15) is 5.82 Å². The average molecular weight is 367 g/mol. The molecule has 1 aromatic carbocycles. The molecule has 3 rings (SSSR count). The smallest absolute Gasteiger partial charge is 0.268 e. The molecule has 0 radical (unpaired) electrons. The van der Waals surface area contributed by atoms with Gasteiger partial charge < -0.3 is 15.3 Å². The number of aliphatic hydroxyl groups is 1. The van der Waals surface area contributed by atoms with E-state index in [1.807, 2.05) is 0 Å². The number of anilines is 1. The molecule has 0 aliphatic carbocycles. The van der Waals surface area contributed by atoms with Crippen molar-refractivity contribution in [1.82, 2.24) is 15.1 Å². The van der Waals surface area contributed by atoms with Crippen LogP contribution in [0.5, 0.6) is 0 Å². The minimum Gasteiger partial charge on any atom is -0.372 e. The van der Waals surface area contributed by atoms with Gasteiger partial charge in [-0.05, 0) is 23.8 Å². The van der Waals surface area contributed by atoms with E-state index in [1.165, 1.54) is 27.9 Å². The number of hydrogen-bond acceptors (Lipinski definition) is 4. The van der Waals surface area contributed by atoms with E-state index in [-0.39, 0.29) is 24.5 Å². The number of nitrogens with one attached hydrogen (secondary N) is 1. The maximum atomic E-state index is 13.3. The monoisotopic (exact) mass is 366 g/mol. The van der Waals surface area contributed by atoms with Crippen molar-refractivity contribution in [2.75, 3.05) is 11.4 Å². The highest BCUT2D eigenvalue weighted by Gasteiger charge is 2.51. The van der Waals surface area contributed by atoms with Gasteiger partial charge in [0.15, 0.2) is 0 Å². The summed E-state index contributed by atoms with van der Waals surface area (Å²) in [6.45, 7) is 0.138. The molecule has 1 unspecified atom stereocenters. The Morgan fingerprint density at radius 1 is 1.48 bits per heavy atom. The second-order valence-corrected chi connectivity index (χ2v) is 6.34. The minimum absolute atomic E-state index is 0.0452. The number of hydrogen-bond donors (Lipinski definition) is 2. The van der Waals surface area contributed by atoms with Gasteiger partial charge in [-0.2, -0.15) is 5.10 Å². The molecule has 2 heterocycles. The SMILES string of the molecule is Cn1cc(N2CCC(O)(C(=O)NCc3cc(F)cc(Cl)c3)C2=O)cn1. The number of halogens is 2. The van der Waals surface area contributed by atoms with E-state index in [2.05, 4.69) is 10.4 Å². The molecule has 1 atom stereocenters. The summed E-state index contributed by atoms with van der Waals surface area (Å²) in [5.41, 5.74) is -1.22. The van der Waals surface area contributed by atoms with Gasteiger partial charge >= 0.3 is 0 Å². The van der Waals surface area contributed by atoms with Crippen LogP contribution in [0.25, 0.3) is 0 Å². The Kier molecular flexibility index (Phi) is 4.49. The van der Waals surface area contributed by atoms with Crippen LogP contribution in [0.3, 0.4) is 0 Å². The van der Waals surface area contributed by atoms with Crippen molar-refractivity contribution in [3.05, 3.63) is 47.0 Å². The van der Waals surface area contributed by atoms with Gasteiger partial charge in [-0.15, -0.1) is 0 Å². The zero-order valence-corrected chi connectivity index (χ0v) is 14.1. The molecule has 7 nitrogen and oxygen atoms in total. The summed E-state index contributed by atoms with van der Waals surface area (Å²) in [4.78, 5) is 26.2. The highest BCUT2D eigenvalue weighted by molar-refractivity contribution is 6.30. The van der Waals surface area contributed by atoms with E-state index in [0.717, 1.165) is 6.07 Å². The van der Waals surface area contributed by atoms with E-state index < -0.39 is 23.2 Å². The molecule has 1 aliphatic rings. The fourth-order valence-corrected chi connectivity index (χ4v) is 3.00. The van der Waals surface area contributed by atoms with E-state index >= 15 is 0 Å². The Bertz CT molecular complexity index is 820. The van der Waals surface area contributed by atoms with Crippen molar-refractivity contribution in [3.63, 3.8) is 0 Å². The predicted octanol–water partition coefficient (Wildman–Crippen LogP) is 0.997. The summed E-state index contributed by atoms with van der Waals surface area (Å²) in [6, 6.07) is 3.86. The number of aromatic nitrogens is 2. The molecule has 0 saturated carbocycles. The minimum atomic E-state index is -2.16. The second-order valence-electron chi connectivity index (χ2n) is 5.90. The lowest BCUT2D eigenvalue weighted by Crippen LogP contribution is -2.52. The molecule has 25 heavy (non-hydrogen) atoms. The summed E-state index contributed by atoms with van der Waals surface area (Å²) in [7, 11) is 1.70. The molecule has 9 heteroatoms. The number of amides is 2. The van der Waals surface area contributed by atoms with Gasteiger partial charge in [0.2, 0.25) is 5.60 Å². The molecule has 1 aliphatic heterocycles. The lowest BCUT2D eigenvalue weighted by atomic mass is 10.0. The van der Waals surface area contributed by atoms with Crippen molar-refractivity contribution in [2.24, 2.45) is 7.05 Å². The Hall–Kier alpha value is -2.45. The number of benzene rings is 1. The number of aryl methyl sites for hydroxylation is 1. The largest absolute Gasteiger partial charge is 0.372 e. The Balaban J connectivity index is 1.70. The van der Waals surface area contributed by atoms with Crippen LogP contribution in [0, 0.1) is 5.82 Å². The summed E-state index contributed by atoms with van der Waals surface area (Å²) < 4.78 is 14.8. The molecular formula is C16H16ClFN4O3. The van der Waals surface area contributed by atoms with Crippen LogP contribution in [-0.2, 0) is 23.2 Å². The standard InChI is InChI=1S/C16H16ClFN4O3/c1-21-9-13(8-20-21)22-3-2-16(25,15(22)24)14(23)19-7-10-4-11(17)6-12(18)5-10/h4-6,8-9,25H,2-3,7H2,1H3,(H,19,23). The molecular weight excluding hydrogens is 351 g/mol. The molecule has 2 N–H and O–H groups in total. The molecule has 2 aromatic rings. The van der Waals surface area contributed by atoms with E-state index in [0.29, 0.717) is 11.3 Å². The molecule has 1 fully saturated rings. The highest BCUT2D eigenvalue weighted by Crippen LogP contribution is 2.28.